The quantitative estimate of drug-likeness (QED) is 0.811. The zero-order valence-electron chi connectivity index (χ0n) is 13.1. The first-order valence-corrected chi connectivity index (χ1v) is 9.99. The van der Waals surface area contributed by atoms with E-state index in [4.69, 9.17) is 0 Å². The molecule has 0 aromatic heterocycles. The summed E-state index contributed by atoms with van der Waals surface area (Å²) in [7, 11) is -2.93. The SMILES string of the molecule is CC(C)CN(CC1CCCN1)C1CCCC1S(C)(=O)=O. The van der Waals surface area contributed by atoms with Crippen LogP contribution in [-0.4, -0.2) is 56.5 Å². The molecule has 2 aliphatic rings. The van der Waals surface area contributed by atoms with Crippen LogP contribution in [0.2, 0.25) is 0 Å². The molecule has 118 valence electrons. The van der Waals surface area contributed by atoms with E-state index in [9.17, 15) is 8.42 Å². The van der Waals surface area contributed by atoms with Crippen LogP contribution >= 0.6 is 0 Å². The van der Waals surface area contributed by atoms with Crippen molar-refractivity contribution in [3.05, 3.63) is 0 Å². The molecule has 2 fully saturated rings. The van der Waals surface area contributed by atoms with E-state index in [2.05, 4.69) is 24.1 Å². The van der Waals surface area contributed by atoms with Crippen molar-refractivity contribution in [3.8, 4) is 0 Å². The molecule has 0 bridgehead atoms. The molecule has 0 aromatic carbocycles. The summed E-state index contributed by atoms with van der Waals surface area (Å²) in [4.78, 5) is 2.46. The van der Waals surface area contributed by atoms with E-state index in [-0.39, 0.29) is 11.3 Å². The molecule has 1 saturated carbocycles. The van der Waals surface area contributed by atoms with Crippen molar-refractivity contribution < 1.29 is 8.42 Å². The van der Waals surface area contributed by atoms with Crippen molar-refractivity contribution in [1.29, 1.82) is 0 Å². The van der Waals surface area contributed by atoms with Crippen LogP contribution in [0.15, 0.2) is 0 Å². The van der Waals surface area contributed by atoms with Gasteiger partial charge in [-0.2, -0.15) is 0 Å². The van der Waals surface area contributed by atoms with E-state index in [0.717, 1.165) is 38.9 Å². The molecular weight excluding hydrogens is 272 g/mol. The third-order valence-electron chi connectivity index (χ3n) is 4.65. The summed E-state index contributed by atoms with van der Waals surface area (Å²) in [5.41, 5.74) is 0. The maximum absolute atomic E-state index is 12.0. The van der Waals surface area contributed by atoms with Gasteiger partial charge in [0.05, 0.1) is 5.25 Å². The Morgan fingerprint density at radius 3 is 2.50 bits per heavy atom. The Labute approximate surface area is 124 Å². The lowest BCUT2D eigenvalue weighted by molar-refractivity contribution is 0.164. The van der Waals surface area contributed by atoms with Crippen molar-refractivity contribution >= 4 is 9.84 Å². The van der Waals surface area contributed by atoms with Gasteiger partial charge in [-0.3, -0.25) is 4.90 Å². The van der Waals surface area contributed by atoms with Gasteiger partial charge in [-0.1, -0.05) is 20.3 Å². The van der Waals surface area contributed by atoms with Gasteiger partial charge in [-0.05, 0) is 38.1 Å². The topological polar surface area (TPSA) is 49.4 Å². The van der Waals surface area contributed by atoms with Crippen LogP contribution in [0.25, 0.3) is 0 Å². The molecule has 1 N–H and O–H groups in total. The van der Waals surface area contributed by atoms with Gasteiger partial charge in [0.2, 0.25) is 0 Å². The monoisotopic (exact) mass is 302 g/mol. The van der Waals surface area contributed by atoms with Crippen molar-refractivity contribution in [2.24, 2.45) is 5.92 Å². The van der Waals surface area contributed by atoms with Crippen LogP contribution in [0.3, 0.4) is 0 Å². The molecule has 3 atom stereocenters. The zero-order chi connectivity index (χ0) is 14.8. The molecule has 0 spiro atoms. The minimum Gasteiger partial charge on any atom is -0.313 e. The zero-order valence-corrected chi connectivity index (χ0v) is 14.0. The number of nitrogens with one attached hydrogen (secondary N) is 1. The second kappa shape index (κ2) is 6.75. The lowest BCUT2D eigenvalue weighted by atomic mass is 10.1. The summed E-state index contributed by atoms with van der Waals surface area (Å²) in [6.45, 7) is 7.57. The van der Waals surface area contributed by atoms with E-state index >= 15 is 0 Å². The predicted molar refractivity (Wildman–Crippen MR) is 83.7 cm³/mol. The second-order valence-electron chi connectivity index (χ2n) is 7.01. The third kappa shape index (κ3) is 4.18. The van der Waals surface area contributed by atoms with Crippen LogP contribution < -0.4 is 5.32 Å². The van der Waals surface area contributed by atoms with E-state index < -0.39 is 9.84 Å². The standard InChI is InChI=1S/C15H30N2O2S/c1-12(2)10-17(11-13-6-5-9-16-13)14-7-4-8-15(14)20(3,18)19/h12-16H,4-11H2,1-3H3. The van der Waals surface area contributed by atoms with Crippen LogP contribution in [-0.2, 0) is 9.84 Å². The van der Waals surface area contributed by atoms with Gasteiger partial charge in [0.15, 0.2) is 9.84 Å². The normalized spacial score (nSPS) is 31.6. The van der Waals surface area contributed by atoms with Crippen molar-refractivity contribution in [2.75, 3.05) is 25.9 Å². The molecule has 1 aliphatic carbocycles. The Morgan fingerprint density at radius 1 is 1.20 bits per heavy atom. The number of rotatable bonds is 6. The molecule has 20 heavy (non-hydrogen) atoms. The maximum atomic E-state index is 12.0. The molecule has 0 aromatic rings. The Hall–Kier alpha value is -0.130. The summed E-state index contributed by atoms with van der Waals surface area (Å²) < 4.78 is 24.1. The van der Waals surface area contributed by atoms with Gasteiger partial charge >= 0.3 is 0 Å². The smallest absolute Gasteiger partial charge is 0.151 e. The van der Waals surface area contributed by atoms with Gasteiger partial charge < -0.3 is 5.32 Å². The highest BCUT2D eigenvalue weighted by molar-refractivity contribution is 7.91. The van der Waals surface area contributed by atoms with Gasteiger partial charge in [-0.25, -0.2) is 8.42 Å². The van der Waals surface area contributed by atoms with E-state index in [1.807, 2.05) is 0 Å². The minimum atomic E-state index is -2.93. The minimum absolute atomic E-state index is 0.150. The first-order chi connectivity index (χ1) is 9.38. The van der Waals surface area contributed by atoms with Gasteiger partial charge in [0, 0.05) is 31.4 Å². The molecule has 3 unspecified atom stereocenters. The fraction of sp³-hybridized carbons (Fsp3) is 1.00. The molecule has 2 rings (SSSR count). The van der Waals surface area contributed by atoms with Crippen molar-refractivity contribution in [2.45, 2.75) is 63.3 Å². The number of hydrogen-bond acceptors (Lipinski definition) is 4. The summed E-state index contributed by atoms with van der Waals surface area (Å²) in [6, 6.07) is 0.782. The Kier molecular flexibility index (Phi) is 5.49. The maximum Gasteiger partial charge on any atom is 0.151 e. The van der Waals surface area contributed by atoms with Crippen molar-refractivity contribution in [3.63, 3.8) is 0 Å². The Morgan fingerprint density at radius 2 is 1.95 bits per heavy atom. The Balaban J connectivity index is 2.08. The second-order valence-corrected chi connectivity index (χ2v) is 9.27. The molecule has 0 radical (unpaired) electrons. The largest absolute Gasteiger partial charge is 0.313 e. The summed E-state index contributed by atoms with van der Waals surface area (Å²) in [5, 5.41) is 3.40. The Bertz CT molecular complexity index is 402. The highest BCUT2D eigenvalue weighted by Crippen LogP contribution is 2.30. The molecular formula is C15H30N2O2S. The molecule has 4 nitrogen and oxygen atoms in total. The average Bonchev–Trinajstić information content (AvgIpc) is 2.96. The summed E-state index contributed by atoms with van der Waals surface area (Å²) in [6.07, 6.45) is 6.82. The molecule has 0 amide bonds. The molecule has 5 heteroatoms. The number of sulfone groups is 1. The van der Waals surface area contributed by atoms with Gasteiger partial charge in [0.1, 0.15) is 0 Å². The average molecular weight is 302 g/mol. The van der Waals surface area contributed by atoms with Crippen LogP contribution in [0.1, 0.15) is 46.0 Å². The fourth-order valence-corrected chi connectivity index (χ4v) is 5.31. The van der Waals surface area contributed by atoms with Crippen LogP contribution in [0.5, 0.6) is 0 Å². The van der Waals surface area contributed by atoms with Crippen molar-refractivity contribution in [1.82, 2.24) is 10.2 Å². The van der Waals surface area contributed by atoms with E-state index in [1.54, 1.807) is 0 Å². The molecule has 1 aliphatic heterocycles. The van der Waals surface area contributed by atoms with Gasteiger partial charge in [-0.15, -0.1) is 0 Å². The summed E-state index contributed by atoms with van der Waals surface area (Å²) >= 11 is 0. The fourth-order valence-electron chi connectivity index (χ4n) is 3.83. The first-order valence-electron chi connectivity index (χ1n) is 8.04. The third-order valence-corrected chi connectivity index (χ3v) is 6.30. The lowest BCUT2D eigenvalue weighted by Gasteiger charge is -2.35. The highest BCUT2D eigenvalue weighted by Gasteiger charge is 2.39. The first kappa shape index (κ1) is 16.2. The predicted octanol–water partition coefficient (Wildman–Crippen LogP) is 1.66. The number of nitrogens with zero attached hydrogens (tertiary/aromatic N) is 1. The van der Waals surface area contributed by atoms with E-state index in [0.29, 0.717) is 12.0 Å². The number of hydrogen-bond donors (Lipinski definition) is 1. The lowest BCUT2D eigenvalue weighted by Crippen LogP contribution is -2.49. The van der Waals surface area contributed by atoms with Crippen LogP contribution in [0, 0.1) is 5.92 Å². The van der Waals surface area contributed by atoms with Gasteiger partial charge in [0.25, 0.3) is 0 Å². The highest BCUT2D eigenvalue weighted by atomic mass is 32.2. The summed E-state index contributed by atoms with van der Waals surface area (Å²) in [5.74, 6) is 0.581. The molecule has 1 heterocycles. The van der Waals surface area contributed by atoms with E-state index in [1.165, 1.54) is 19.1 Å². The van der Waals surface area contributed by atoms with Crippen LogP contribution in [0.4, 0.5) is 0 Å². The molecule has 1 saturated heterocycles.